The maximum absolute atomic E-state index is 12.6. The monoisotopic (exact) mass is 448 g/mol. The van der Waals surface area contributed by atoms with E-state index in [1.165, 1.54) is 6.07 Å². The van der Waals surface area contributed by atoms with E-state index in [1.54, 1.807) is 36.3 Å². The molecule has 3 aromatic carbocycles. The molecule has 33 heavy (non-hydrogen) atoms. The van der Waals surface area contributed by atoms with Gasteiger partial charge in [0.1, 0.15) is 17.7 Å². The van der Waals surface area contributed by atoms with Crippen molar-refractivity contribution >= 4 is 11.6 Å². The number of hydrogen-bond acceptors (Lipinski definition) is 7. The fraction of sp³-hybridized carbons (Fsp3) is 0.208. The molecule has 0 fully saturated rings. The zero-order chi connectivity index (χ0) is 23.4. The van der Waals surface area contributed by atoms with Crippen LogP contribution in [0.4, 0.5) is 5.69 Å². The van der Waals surface area contributed by atoms with Gasteiger partial charge in [-0.15, -0.1) is 0 Å². The van der Waals surface area contributed by atoms with E-state index in [2.05, 4.69) is 5.32 Å². The van der Waals surface area contributed by atoms with Crippen molar-refractivity contribution in [2.45, 2.75) is 25.5 Å². The van der Waals surface area contributed by atoms with Crippen LogP contribution < -0.4 is 20.5 Å². The van der Waals surface area contributed by atoms with E-state index in [9.17, 15) is 14.9 Å². The average Bonchev–Trinajstić information content (AvgIpc) is 2.83. The van der Waals surface area contributed by atoms with Crippen LogP contribution in [0.3, 0.4) is 0 Å². The fourth-order valence-electron chi connectivity index (χ4n) is 3.93. The van der Waals surface area contributed by atoms with Gasteiger partial charge in [0.2, 0.25) is 5.91 Å². The van der Waals surface area contributed by atoms with Crippen molar-refractivity contribution in [3.63, 3.8) is 0 Å². The molecule has 170 valence electrons. The number of carbonyl (C=O) groups is 1. The summed E-state index contributed by atoms with van der Waals surface area (Å²) in [6.45, 7) is 0.637. The summed E-state index contributed by atoms with van der Waals surface area (Å²) in [5.74, 6) is 0.676. The first-order valence-corrected chi connectivity index (χ1v) is 10.4. The highest BCUT2D eigenvalue weighted by molar-refractivity contribution is 5.79. The van der Waals surface area contributed by atoms with Crippen molar-refractivity contribution in [3.8, 4) is 11.5 Å². The molecule has 3 aromatic rings. The summed E-state index contributed by atoms with van der Waals surface area (Å²) in [5.41, 5.74) is 7.77. The quantitative estimate of drug-likeness (QED) is 0.401. The van der Waals surface area contributed by atoms with Crippen LogP contribution in [0.25, 0.3) is 0 Å². The van der Waals surface area contributed by atoms with Crippen LogP contribution in [0, 0.1) is 10.1 Å². The molecule has 0 radical (unpaired) electrons. The first kappa shape index (κ1) is 22.3. The molecule has 2 unspecified atom stereocenters. The first-order chi connectivity index (χ1) is 16.0. The van der Waals surface area contributed by atoms with Crippen LogP contribution in [0.5, 0.6) is 11.5 Å². The molecule has 0 spiro atoms. The molecule has 9 heteroatoms. The van der Waals surface area contributed by atoms with Gasteiger partial charge < -0.3 is 15.2 Å². The van der Waals surface area contributed by atoms with Gasteiger partial charge in [-0.2, -0.15) is 0 Å². The van der Waals surface area contributed by atoms with Crippen LogP contribution in [-0.4, -0.2) is 29.0 Å². The first-order valence-electron chi connectivity index (χ1n) is 10.4. The molecule has 4 rings (SSSR count). The molecule has 0 aliphatic carbocycles. The lowest BCUT2D eigenvalue weighted by Crippen LogP contribution is -2.56. The Morgan fingerprint density at radius 2 is 1.97 bits per heavy atom. The molecular weight excluding hydrogens is 424 g/mol. The van der Waals surface area contributed by atoms with Gasteiger partial charge in [0.15, 0.2) is 6.23 Å². The topological polar surface area (TPSA) is 120 Å². The second kappa shape index (κ2) is 9.68. The minimum atomic E-state index is -0.950. The maximum atomic E-state index is 12.6. The Kier molecular flexibility index (Phi) is 6.53. The van der Waals surface area contributed by atoms with Crippen molar-refractivity contribution in [2.75, 3.05) is 7.11 Å². The number of benzene rings is 3. The lowest BCUT2D eigenvalue weighted by Gasteiger charge is -2.40. The van der Waals surface area contributed by atoms with E-state index < -0.39 is 23.2 Å². The predicted octanol–water partition coefficient (Wildman–Crippen LogP) is 3.10. The van der Waals surface area contributed by atoms with Crippen molar-refractivity contribution in [3.05, 3.63) is 99.6 Å². The predicted molar refractivity (Wildman–Crippen MR) is 121 cm³/mol. The smallest absolute Gasteiger partial charge is 0.277 e. The minimum absolute atomic E-state index is 0.0945. The third-order valence-corrected chi connectivity index (χ3v) is 5.50. The molecule has 1 heterocycles. The second-order valence-electron chi connectivity index (χ2n) is 7.60. The second-order valence-corrected chi connectivity index (χ2v) is 7.60. The third kappa shape index (κ3) is 4.79. The maximum Gasteiger partial charge on any atom is 0.277 e. The zero-order valence-electron chi connectivity index (χ0n) is 18.0. The number of primary amides is 1. The summed E-state index contributed by atoms with van der Waals surface area (Å²) in [6.07, 6.45) is -1.84. The molecule has 9 nitrogen and oxygen atoms in total. The van der Waals surface area contributed by atoms with Crippen molar-refractivity contribution in [2.24, 2.45) is 5.73 Å². The molecule has 1 aliphatic rings. The van der Waals surface area contributed by atoms with E-state index >= 15 is 0 Å². The number of nitro groups is 1. The average molecular weight is 448 g/mol. The van der Waals surface area contributed by atoms with Gasteiger partial charge >= 0.3 is 0 Å². The number of amides is 1. The van der Waals surface area contributed by atoms with Crippen molar-refractivity contribution in [1.82, 2.24) is 10.2 Å². The Morgan fingerprint density at radius 3 is 2.73 bits per heavy atom. The minimum Gasteiger partial charge on any atom is -0.497 e. The van der Waals surface area contributed by atoms with Gasteiger partial charge in [-0.1, -0.05) is 42.5 Å². The number of rotatable bonds is 8. The Balaban J connectivity index is 1.70. The normalized spacial score (nSPS) is 16.3. The number of fused-ring (bicyclic) bond motifs is 1. The van der Waals surface area contributed by atoms with Gasteiger partial charge in [-0.25, -0.2) is 4.90 Å². The van der Waals surface area contributed by atoms with E-state index in [-0.39, 0.29) is 5.69 Å². The summed E-state index contributed by atoms with van der Waals surface area (Å²) >= 11 is 0. The summed E-state index contributed by atoms with van der Waals surface area (Å²) in [7, 11) is 1.58. The number of methoxy groups -OCH3 is 1. The number of nitrogens with zero attached hydrogens (tertiary/aromatic N) is 2. The van der Waals surface area contributed by atoms with E-state index in [1.807, 2.05) is 42.5 Å². The van der Waals surface area contributed by atoms with E-state index in [4.69, 9.17) is 15.2 Å². The molecule has 2 atom stereocenters. The molecule has 1 aliphatic heterocycles. The highest BCUT2D eigenvalue weighted by atomic mass is 16.6. The third-order valence-electron chi connectivity index (χ3n) is 5.50. The summed E-state index contributed by atoms with van der Waals surface area (Å²) in [6, 6.07) is 21.2. The summed E-state index contributed by atoms with van der Waals surface area (Å²) in [5, 5.41) is 14.9. The van der Waals surface area contributed by atoms with Crippen molar-refractivity contribution in [1.29, 1.82) is 0 Å². The van der Waals surface area contributed by atoms with Gasteiger partial charge in [0.05, 0.1) is 17.6 Å². The van der Waals surface area contributed by atoms with Crippen molar-refractivity contribution < 1.29 is 19.2 Å². The number of carbonyl (C=O) groups excluding carboxylic acids is 1. The Morgan fingerprint density at radius 1 is 1.21 bits per heavy atom. The van der Waals surface area contributed by atoms with Crippen LogP contribution in [0.1, 0.15) is 22.9 Å². The fourth-order valence-corrected chi connectivity index (χ4v) is 3.93. The highest BCUT2D eigenvalue weighted by Gasteiger charge is 2.39. The van der Waals surface area contributed by atoms with Crippen LogP contribution >= 0.6 is 0 Å². The van der Waals surface area contributed by atoms with Crippen LogP contribution in [0.2, 0.25) is 0 Å². The molecule has 0 saturated heterocycles. The number of hydrogen-bond donors (Lipinski definition) is 2. The van der Waals surface area contributed by atoms with Gasteiger partial charge in [0, 0.05) is 24.7 Å². The molecule has 3 N–H and O–H groups in total. The number of para-hydroxylation sites is 2. The lowest BCUT2D eigenvalue weighted by molar-refractivity contribution is -0.386. The van der Waals surface area contributed by atoms with Crippen LogP contribution in [0.15, 0.2) is 72.8 Å². The highest BCUT2D eigenvalue weighted by Crippen LogP contribution is 2.39. The van der Waals surface area contributed by atoms with E-state index in [0.29, 0.717) is 30.2 Å². The Hall–Kier alpha value is -3.95. The lowest BCUT2D eigenvalue weighted by atomic mass is 10.1. The van der Waals surface area contributed by atoms with Gasteiger partial charge in [0.25, 0.3) is 5.69 Å². The zero-order valence-corrected chi connectivity index (χ0v) is 18.0. The molecule has 0 saturated carbocycles. The number of nitrogens with two attached hydrogens (primary N) is 1. The molecule has 1 amide bonds. The molecule has 0 bridgehead atoms. The Bertz CT molecular complexity index is 1170. The standard InChI is InChI=1S/C24H24N4O5/c1-32-18-9-6-7-16(13-18)14-26-23(22(25)29)27-15-17-8-2-5-12-21(17)33-24(27)19-10-3-4-11-20(19)28(30)31/h2-13,23-24,26H,14-15H2,1H3,(H2,25,29). The molecule has 0 aromatic heterocycles. The van der Waals surface area contributed by atoms with Crippen LogP contribution in [-0.2, 0) is 17.9 Å². The number of nitrogens with one attached hydrogen (secondary N) is 1. The number of nitro benzene ring substituents is 1. The summed E-state index contributed by atoms with van der Waals surface area (Å²) in [4.78, 5) is 25.5. The SMILES string of the molecule is COc1cccc(CNC(C(N)=O)N2Cc3ccccc3OC2c2ccccc2[N+](=O)[O-])c1. The Labute approximate surface area is 190 Å². The van der Waals surface area contributed by atoms with E-state index in [0.717, 1.165) is 11.1 Å². The van der Waals surface area contributed by atoms with Gasteiger partial charge in [-0.05, 0) is 29.8 Å². The largest absolute Gasteiger partial charge is 0.497 e. The van der Waals surface area contributed by atoms with Gasteiger partial charge in [-0.3, -0.25) is 20.2 Å². The number of ether oxygens (including phenoxy) is 2. The summed E-state index contributed by atoms with van der Waals surface area (Å²) < 4.78 is 11.5. The molecular formula is C24H24N4O5.